The molecule has 6 nitrogen and oxygen atoms in total. The molecular weight excluding hydrogens is 444 g/mol. The van der Waals surface area contributed by atoms with Gasteiger partial charge in [-0.2, -0.15) is 13.2 Å². The molecule has 28 heavy (non-hydrogen) atoms. The molecule has 0 fully saturated rings. The van der Waals surface area contributed by atoms with Crippen molar-refractivity contribution in [2.24, 2.45) is 0 Å². The average molecular weight is 457 g/mol. The molecule has 1 atom stereocenters. The quantitative estimate of drug-likeness (QED) is 0.632. The number of benzene rings is 2. The fourth-order valence-electron chi connectivity index (χ4n) is 1.90. The summed E-state index contributed by atoms with van der Waals surface area (Å²) in [7, 11) is -4.08. The third-order valence-corrected chi connectivity index (χ3v) is 5.50. The molecule has 2 aromatic rings. The Bertz CT molecular complexity index is 1010. The van der Waals surface area contributed by atoms with Crippen LogP contribution in [0, 0.1) is 0 Å². The van der Waals surface area contributed by atoms with Crippen molar-refractivity contribution in [1.29, 1.82) is 0 Å². The molecule has 2 aromatic carbocycles. The van der Waals surface area contributed by atoms with Gasteiger partial charge < -0.3 is 10.4 Å². The van der Waals surface area contributed by atoms with Crippen LogP contribution in [-0.2, 0) is 14.8 Å². The van der Waals surface area contributed by atoms with Crippen LogP contribution >= 0.6 is 23.2 Å². The summed E-state index contributed by atoms with van der Waals surface area (Å²) in [5, 5.41) is 11.1. The predicted molar refractivity (Wildman–Crippen MR) is 99.0 cm³/mol. The maximum atomic E-state index is 12.7. The van der Waals surface area contributed by atoms with Gasteiger partial charge in [-0.3, -0.25) is 9.52 Å². The Morgan fingerprint density at radius 3 is 2.29 bits per heavy atom. The maximum Gasteiger partial charge on any atom is 0.426 e. The van der Waals surface area contributed by atoms with E-state index in [9.17, 15) is 31.5 Å². The lowest BCUT2D eigenvalue weighted by Gasteiger charge is -2.25. The number of alkyl halides is 3. The van der Waals surface area contributed by atoms with Crippen molar-refractivity contribution in [3.63, 3.8) is 0 Å². The molecule has 0 aliphatic heterocycles. The second-order valence-electron chi connectivity index (χ2n) is 5.78. The fraction of sp³-hybridized carbons (Fsp3) is 0.188. The van der Waals surface area contributed by atoms with Crippen molar-refractivity contribution in [3.05, 3.63) is 52.5 Å². The topological polar surface area (TPSA) is 95.5 Å². The van der Waals surface area contributed by atoms with Gasteiger partial charge in [-0.25, -0.2) is 8.42 Å². The first kappa shape index (κ1) is 22.3. The first-order valence-electron chi connectivity index (χ1n) is 7.42. The van der Waals surface area contributed by atoms with Gasteiger partial charge in [0.1, 0.15) is 0 Å². The third-order valence-electron chi connectivity index (χ3n) is 3.57. The van der Waals surface area contributed by atoms with Crippen LogP contribution in [0.3, 0.4) is 0 Å². The SMILES string of the molecule is C[C@@](O)(C(=O)Nc1ccc(S(=O)(=O)Nc2cccc(Cl)c2)cc1Cl)C(F)(F)F. The monoisotopic (exact) mass is 456 g/mol. The zero-order chi connectivity index (χ0) is 21.3. The highest BCUT2D eigenvalue weighted by Crippen LogP contribution is 2.33. The number of amides is 1. The molecule has 0 heterocycles. The van der Waals surface area contributed by atoms with Crippen molar-refractivity contribution in [2.45, 2.75) is 23.6 Å². The minimum Gasteiger partial charge on any atom is -0.373 e. The van der Waals surface area contributed by atoms with Crippen LogP contribution in [0.25, 0.3) is 0 Å². The molecule has 1 amide bonds. The standard InChI is InChI=1S/C16H13Cl2F3N2O4S/c1-15(25,16(19,20)21)14(24)22-13-6-5-11(8-12(13)18)28(26,27)23-10-4-2-3-9(17)7-10/h2-8,23,25H,1H3,(H,22,24)/t15-/m1/s1. The van der Waals surface area contributed by atoms with Gasteiger partial charge >= 0.3 is 6.18 Å². The van der Waals surface area contributed by atoms with E-state index in [1.807, 2.05) is 5.32 Å². The number of carbonyl (C=O) groups is 1. The maximum absolute atomic E-state index is 12.7. The summed E-state index contributed by atoms with van der Waals surface area (Å²) in [6.45, 7) is 0.282. The number of sulfonamides is 1. The molecule has 2 rings (SSSR count). The van der Waals surface area contributed by atoms with Gasteiger partial charge in [0.2, 0.25) is 5.60 Å². The Morgan fingerprint density at radius 1 is 1.11 bits per heavy atom. The number of aliphatic hydroxyl groups is 1. The van der Waals surface area contributed by atoms with Gasteiger partial charge in [-0.15, -0.1) is 0 Å². The van der Waals surface area contributed by atoms with E-state index in [1.165, 1.54) is 18.2 Å². The molecule has 3 N–H and O–H groups in total. The molecule has 0 spiro atoms. The Labute approximate surface area is 168 Å². The fourth-order valence-corrected chi connectivity index (χ4v) is 3.46. The van der Waals surface area contributed by atoms with E-state index in [2.05, 4.69) is 4.72 Å². The van der Waals surface area contributed by atoms with Gasteiger partial charge in [0.25, 0.3) is 15.9 Å². The van der Waals surface area contributed by atoms with Crippen molar-refractivity contribution >= 4 is 50.5 Å². The number of rotatable bonds is 5. The zero-order valence-corrected chi connectivity index (χ0v) is 16.3. The first-order chi connectivity index (χ1) is 12.7. The van der Waals surface area contributed by atoms with E-state index in [4.69, 9.17) is 23.2 Å². The summed E-state index contributed by atoms with van der Waals surface area (Å²) in [6, 6.07) is 8.86. The minimum absolute atomic E-state index is 0.183. The predicted octanol–water partition coefficient (Wildman–Crippen LogP) is 4.05. The van der Waals surface area contributed by atoms with Crippen LogP contribution in [0.4, 0.5) is 24.5 Å². The minimum atomic E-state index is -5.21. The molecular formula is C16H13Cl2F3N2O4S. The van der Waals surface area contributed by atoms with E-state index < -0.39 is 27.7 Å². The van der Waals surface area contributed by atoms with Crippen LogP contribution in [0.5, 0.6) is 0 Å². The Kier molecular flexibility index (Phi) is 6.19. The summed E-state index contributed by atoms with van der Waals surface area (Å²) in [6.07, 6.45) is -5.21. The number of carbonyl (C=O) groups excluding carboxylic acids is 1. The van der Waals surface area contributed by atoms with Crippen LogP contribution < -0.4 is 10.0 Å². The van der Waals surface area contributed by atoms with Gasteiger partial charge in [0.05, 0.1) is 21.3 Å². The van der Waals surface area contributed by atoms with Crippen molar-refractivity contribution in [1.82, 2.24) is 0 Å². The first-order valence-corrected chi connectivity index (χ1v) is 9.66. The molecule has 0 aromatic heterocycles. The molecule has 0 saturated heterocycles. The average Bonchev–Trinajstić information content (AvgIpc) is 2.55. The van der Waals surface area contributed by atoms with Crippen LogP contribution in [0.2, 0.25) is 10.0 Å². The Hall–Kier alpha value is -2.01. The molecule has 0 aliphatic rings. The van der Waals surface area contributed by atoms with Crippen molar-refractivity contribution in [3.8, 4) is 0 Å². The lowest BCUT2D eigenvalue weighted by molar-refractivity contribution is -0.242. The summed E-state index contributed by atoms with van der Waals surface area (Å²) in [4.78, 5) is 11.4. The summed E-state index contributed by atoms with van der Waals surface area (Å²) in [5.41, 5.74) is -3.78. The molecule has 0 aliphatic carbocycles. The van der Waals surface area contributed by atoms with Gasteiger partial charge in [-0.1, -0.05) is 29.3 Å². The highest BCUT2D eigenvalue weighted by molar-refractivity contribution is 7.92. The molecule has 0 bridgehead atoms. The summed E-state index contributed by atoms with van der Waals surface area (Å²) < 4.78 is 65.2. The van der Waals surface area contributed by atoms with Gasteiger partial charge in [-0.05, 0) is 43.3 Å². The lowest BCUT2D eigenvalue weighted by atomic mass is 10.1. The van der Waals surface area contributed by atoms with E-state index in [-0.39, 0.29) is 28.2 Å². The normalized spacial score (nSPS) is 14.2. The van der Waals surface area contributed by atoms with E-state index >= 15 is 0 Å². The summed E-state index contributed by atoms with van der Waals surface area (Å²) >= 11 is 11.7. The van der Waals surface area contributed by atoms with Gasteiger partial charge in [0, 0.05) is 5.02 Å². The second-order valence-corrected chi connectivity index (χ2v) is 8.31. The Balaban J connectivity index is 2.25. The lowest BCUT2D eigenvalue weighted by Crippen LogP contribution is -2.52. The third kappa shape index (κ3) is 4.88. The largest absolute Gasteiger partial charge is 0.426 e. The van der Waals surface area contributed by atoms with Crippen LogP contribution in [0.15, 0.2) is 47.4 Å². The number of hydrogen-bond donors (Lipinski definition) is 3. The number of nitrogens with one attached hydrogen (secondary N) is 2. The molecule has 12 heteroatoms. The van der Waals surface area contributed by atoms with Crippen LogP contribution in [0.1, 0.15) is 6.92 Å². The molecule has 0 unspecified atom stereocenters. The van der Waals surface area contributed by atoms with Crippen LogP contribution in [-0.4, -0.2) is 31.2 Å². The van der Waals surface area contributed by atoms with E-state index in [0.717, 1.165) is 18.2 Å². The number of hydrogen-bond acceptors (Lipinski definition) is 4. The number of halogens is 5. The zero-order valence-electron chi connectivity index (χ0n) is 14.0. The van der Waals surface area contributed by atoms with Crippen molar-refractivity contribution in [2.75, 3.05) is 10.0 Å². The van der Waals surface area contributed by atoms with E-state index in [1.54, 1.807) is 6.07 Å². The number of anilines is 2. The summed E-state index contributed by atoms with van der Waals surface area (Å²) in [5.74, 6) is -1.77. The van der Waals surface area contributed by atoms with Gasteiger partial charge in [0.15, 0.2) is 0 Å². The highest BCUT2D eigenvalue weighted by atomic mass is 35.5. The molecule has 152 valence electrons. The Morgan fingerprint density at radius 2 is 1.75 bits per heavy atom. The second kappa shape index (κ2) is 7.78. The molecule has 0 radical (unpaired) electrons. The smallest absolute Gasteiger partial charge is 0.373 e. The van der Waals surface area contributed by atoms with E-state index in [0.29, 0.717) is 5.02 Å². The molecule has 0 saturated carbocycles. The highest BCUT2D eigenvalue weighted by Gasteiger charge is 2.55. The van der Waals surface area contributed by atoms with Crippen molar-refractivity contribution < 1.29 is 31.5 Å².